The number of hydrogen-bond acceptors (Lipinski definition) is 6. The van der Waals surface area contributed by atoms with Crippen molar-refractivity contribution in [3.8, 4) is 11.6 Å². The van der Waals surface area contributed by atoms with E-state index in [9.17, 15) is 9.59 Å². The molecule has 1 amide bonds. The minimum atomic E-state index is -0.201. The number of carbonyl (C=O) groups is 2. The summed E-state index contributed by atoms with van der Waals surface area (Å²) in [5.74, 6) is 1.18. The van der Waals surface area contributed by atoms with Gasteiger partial charge in [0.05, 0.1) is 0 Å². The molecule has 1 aliphatic rings. The lowest BCUT2D eigenvalue weighted by Gasteiger charge is -2.34. The highest BCUT2D eigenvalue weighted by Gasteiger charge is 2.23. The molecule has 160 valence electrons. The van der Waals surface area contributed by atoms with E-state index in [4.69, 9.17) is 4.74 Å². The van der Waals surface area contributed by atoms with Crippen LogP contribution >= 0.6 is 0 Å². The number of ether oxygens (including phenoxy) is 1. The first-order valence-electron chi connectivity index (χ1n) is 10.3. The molecule has 2 aromatic heterocycles. The van der Waals surface area contributed by atoms with Crippen LogP contribution in [0, 0.1) is 6.92 Å². The average Bonchev–Trinajstić information content (AvgIpc) is 3.25. The number of carbonyl (C=O) groups excluding carboxylic acids is 2. The van der Waals surface area contributed by atoms with E-state index in [1.165, 1.54) is 11.6 Å². The maximum absolute atomic E-state index is 12.6. The van der Waals surface area contributed by atoms with Crippen LogP contribution in [-0.4, -0.2) is 62.6 Å². The minimum absolute atomic E-state index is 0.152. The summed E-state index contributed by atoms with van der Waals surface area (Å²) in [6.07, 6.45) is 1.54. The Kier molecular flexibility index (Phi) is 6.08. The number of pyridine rings is 1. The SMILES string of the molecule is CC(=O)c1ccn(C(=O)N2CCN(Cc3cccc(Oc4cccc(C)n4)c3)CC2)n1. The van der Waals surface area contributed by atoms with Crippen molar-refractivity contribution in [2.45, 2.75) is 20.4 Å². The third-order valence-corrected chi connectivity index (χ3v) is 5.18. The number of aromatic nitrogens is 3. The van der Waals surface area contributed by atoms with Crippen LogP contribution in [0.2, 0.25) is 0 Å². The zero-order chi connectivity index (χ0) is 21.8. The van der Waals surface area contributed by atoms with E-state index in [0.717, 1.165) is 36.6 Å². The van der Waals surface area contributed by atoms with Gasteiger partial charge in [0.15, 0.2) is 5.78 Å². The maximum atomic E-state index is 12.6. The van der Waals surface area contributed by atoms with Crippen LogP contribution in [0.1, 0.15) is 28.7 Å². The van der Waals surface area contributed by atoms with Crippen LogP contribution in [-0.2, 0) is 6.54 Å². The monoisotopic (exact) mass is 419 g/mol. The molecule has 4 rings (SSSR count). The van der Waals surface area contributed by atoms with Gasteiger partial charge < -0.3 is 9.64 Å². The van der Waals surface area contributed by atoms with Crippen LogP contribution in [0.25, 0.3) is 0 Å². The van der Waals surface area contributed by atoms with Crippen molar-refractivity contribution in [3.05, 3.63) is 71.7 Å². The molecule has 0 aliphatic carbocycles. The van der Waals surface area contributed by atoms with Crippen molar-refractivity contribution >= 4 is 11.8 Å². The lowest BCUT2D eigenvalue weighted by Crippen LogP contribution is -2.49. The molecule has 8 nitrogen and oxygen atoms in total. The molecule has 31 heavy (non-hydrogen) atoms. The smallest absolute Gasteiger partial charge is 0.344 e. The maximum Gasteiger partial charge on any atom is 0.344 e. The number of nitrogens with zero attached hydrogens (tertiary/aromatic N) is 5. The summed E-state index contributed by atoms with van der Waals surface area (Å²) in [4.78, 5) is 32.5. The van der Waals surface area contributed by atoms with E-state index in [0.29, 0.717) is 24.7 Å². The number of rotatable bonds is 5. The highest BCUT2D eigenvalue weighted by molar-refractivity contribution is 5.92. The molecule has 8 heteroatoms. The second kappa shape index (κ2) is 9.09. The summed E-state index contributed by atoms with van der Waals surface area (Å²) < 4.78 is 7.13. The van der Waals surface area contributed by atoms with Crippen LogP contribution in [0.4, 0.5) is 4.79 Å². The fraction of sp³-hybridized carbons (Fsp3) is 0.304. The van der Waals surface area contributed by atoms with E-state index in [2.05, 4.69) is 21.0 Å². The Morgan fingerprint density at radius 3 is 2.52 bits per heavy atom. The van der Waals surface area contributed by atoms with Crippen molar-refractivity contribution in [1.29, 1.82) is 0 Å². The average molecular weight is 419 g/mol. The number of aryl methyl sites for hydroxylation is 1. The molecule has 0 radical (unpaired) electrons. The van der Waals surface area contributed by atoms with Gasteiger partial charge in [-0.05, 0) is 36.8 Å². The van der Waals surface area contributed by atoms with Crippen LogP contribution < -0.4 is 4.74 Å². The Morgan fingerprint density at radius 2 is 1.81 bits per heavy atom. The van der Waals surface area contributed by atoms with E-state index < -0.39 is 0 Å². The van der Waals surface area contributed by atoms with Gasteiger partial charge in [0.25, 0.3) is 0 Å². The molecule has 0 N–H and O–H groups in total. The number of amides is 1. The molecule has 0 atom stereocenters. The third kappa shape index (κ3) is 5.16. The number of ketones is 1. The number of Topliss-reactive ketones (excluding diaryl/α,β-unsaturated/α-hetero) is 1. The van der Waals surface area contributed by atoms with Crippen molar-refractivity contribution in [1.82, 2.24) is 24.6 Å². The van der Waals surface area contributed by atoms with Gasteiger partial charge in [-0.15, -0.1) is 0 Å². The molecule has 3 aromatic rings. The molecule has 0 unspecified atom stereocenters. The van der Waals surface area contributed by atoms with E-state index in [1.54, 1.807) is 17.2 Å². The number of benzene rings is 1. The van der Waals surface area contributed by atoms with Gasteiger partial charge >= 0.3 is 6.03 Å². The molecule has 1 fully saturated rings. The van der Waals surface area contributed by atoms with Crippen LogP contribution in [0.3, 0.4) is 0 Å². The first-order valence-corrected chi connectivity index (χ1v) is 10.3. The Labute approximate surface area is 181 Å². The Morgan fingerprint density at radius 1 is 1.03 bits per heavy atom. The van der Waals surface area contributed by atoms with Gasteiger partial charge in [-0.1, -0.05) is 18.2 Å². The van der Waals surface area contributed by atoms with Crippen LogP contribution in [0.15, 0.2) is 54.7 Å². The van der Waals surface area contributed by atoms with Gasteiger partial charge in [-0.2, -0.15) is 9.78 Å². The predicted octanol–water partition coefficient (Wildman–Crippen LogP) is 3.37. The Hall–Kier alpha value is -3.52. The molecule has 0 bridgehead atoms. The largest absolute Gasteiger partial charge is 0.439 e. The normalized spacial score (nSPS) is 14.5. The van der Waals surface area contributed by atoms with Crippen molar-refractivity contribution < 1.29 is 14.3 Å². The molecule has 1 saturated heterocycles. The van der Waals surface area contributed by atoms with Crippen molar-refractivity contribution in [3.63, 3.8) is 0 Å². The molecule has 3 heterocycles. The molecular weight excluding hydrogens is 394 g/mol. The van der Waals surface area contributed by atoms with Crippen molar-refractivity contribution in [2.24, 2.45) is 0 Å². The number of hydrogen-bond donors (Lipinski definition) is 0. The first-order chi connectivity index (χ1) is 15.0. The lowest BCUT2D eigenvalue weighted by atomic mass is 10.2. The Bertz CT molecular complexity index is 1090. The molecule has 1 aliphatic heterocycles. The topological polar surface area (TPSA) is 80.6 Å². The lowest BCUT2D eigenvalue weighted by molar-refractivity contribution is 0.101. The zero-order valence-electron chi connectivity index (χ0n) is 17.7. The highest BCUT2D eigenvalue weighted by Crippen LogP contribution is 2.22. The highest BCUT2D eigenvalue weighted by atomic mass is 16.5. The van der Waals surface area contributed by atoms with E-state index in [-0.39, 0.29) is 11.8 Å². The summed E-state index contributed by atoms with van der Waals surface area (Å²) in [6.45, 7) is 6.88. The second-order valence-electron chi connectivity index (χ2n) is 7.61. The van der Waals surface area contributed by atoms with Gasteiger partial charge in [0, 0.05) is 57.6 Å². The Balaban J connectivity index is 1.32. The summed E-state index contributed by atoms with van der Waals surface area (Å²) >= 11 is 0. The third-order valence-electron chi connectivity index (χ3n) is 5.18. The molecule has 0 saturated carbocycles. The summed E-state index contributed by atoms with van der Waals surface area (Å²) in [7, 11) is 0. The van der Waals surface area contributed by atoms with Crippen LogP contribution in [0.5, 0.6) is 11.6 Å². The predicted molar refractivity (Wildman–Crippen MR) is 115 cm³/mol. The second-order valence-corrected chi connectivity index (χ2v) is 7.61. The standard InChI is InChI=1S/C23H25N5O3/c1-17-5-3-8-22(24-17)31-20-7-4-6-19(15-20)16-26-11-13-27(14-12-26)23(30)28-10-9-21(25-28)18(2)29/h3-10,15H,11-14,16H2,1-2H3. The molecule has 0 spiro atoms. The van der Waals surface area contributed by atoms with Gasteiger partial charge in [-0.3, -0.25) is 9.69 Å². The first kappa shape index (κ1) is 20.7. The molecule has 1 aromatic carbocycles. The number of piperazine rings is 1. The van der Waals surface area contributed by atoms with E-state index in [1.807, 2.05) is 43.3 Å². The van der Waals surface area contributed by atoms with E-state index >= 15 is 0 Å². The minimum Gasteiger partial charge on any atom is -0.439 e. The van der Waals surface area contributed by atoms with Gasteiger partial charge in [-0.25, -0.2) is 9.78 Å². The zero-order valence-corrected chi connectivity index (χ0v) is 17.7. The fourth-order valence-electron chi connectivity index (χ4n) is 3.52. The summed E-state index contributed by atoms with van der Waals surface area (Å²) in [5.41, 5.74) is 2.35. The molecular formula is C23H25N5O3. The van der Waals surface area contributed by atoms with Gasteiger partial charge in [0.1, 0.15) is 11.4 Å². The van der Waals surface area contributed by atoms with Crippen molar-refractivity contribution in [2.75, 3.05) is 26.2 Å². The van der Waals surface area contributed by atoms with Gasteiger partial charge in [0.2, 0.25) is 5.88 Å². The fourth-order valence-corrected chi connectivity index (χ4v) is 3.52. The summed E-state index contributed by atoms with van der Waals surface area (Å²) in [5, 5.41) is 4.06. The quantitative estimate of drug-likeness (QED) is 0.590. The summed E-state index contributed by atoms with van der Waals surface area (Å²) in [6, 6.07) is 15.1.